The second-order valence-corrected chi connectivity index (χ2v) is 4.87. The Kier molecular flexibility index (Phi) is 5.50. The van der Waals surface area contributed by atoms with Gasteiger partial charge in [-0.25, -0.2) is 4.39 Å². The summed E-state index contributed by atoms with van der Waals surface area (Å²) in [6, 6.07) is 7.64. The van der Waals surface area contributed by atoms with Crippen LogP contribution in [0.1, 0.15) is 13.3 Å². The Morgan fingerprint density at radius 3 is 2.76 bits per heavy atom. The lowest BCUT2D eigenvalue weighted by Crippen LogP contribution is -2.22. The number of nitriles is 1. The van der Waals surface area contributed by atoms with Gasteiger partial charge in [0.15, 0.2) is 0 Å². The van der Waals surface area contributed by atoms with Crippen LogP contribution in [-0.2, 0) is 4.79 Å². The van der Waals surface area contributed by atoms with Gasteiger partial charge in [-0.2, -0.15) is 5.26 Å². The average Bonchev–Trinajstić information content (AvgIpc) is 2.32. The zero-order valence-corrected chi connectivity index (χ0v) is 10.3. The van der Waals surface area contributed by atoms with E-state index in [0.29, 0.717) is 17.9 Å². The molecule has 1 aromatic rings. The minimum Gasteiger partial charge on any atom is -0.325 e. The molecule has 0 aliphatic rings. The highest BCUT2D eigenvalue weighted by molar-refractivity contribution is 8.00. The van der Waals surface area contributed by atoms with Crippen molar-refractivity contribution < 1.29 is 9.18 Å². The van der Waals surface area contributed by atoms with Gasteiger partial charge < -0.3 is 5.32 Å². The van der Waals surface area contributed by atoms with Gasteiger partial charge in [-0.3, -0.25) is 4.79 Å². The maximum atomic E-state index is 12.6. The van der Waals surface area contributed by atoms with Crippen molar-refractivity contribution >= 4 is 23.4 Å². The number of benzene rings is 1. The highest BCUT2D eigenvalue weighted by atomic mass is 32.2. The summed E-state index contributed by atoms with van der Waals surface area (Å²) < 4.78 is 12.6. The first-order valence-electron chi connectivity index (χ1n) is 5.18. The number of amides is 1. The van der Waals surface area contributed by atoms with Crippen molar-refractivity contribution in [2.24, 2.45) is 0 Å². The first-order valence-corrected chi connectivity index (χ1v) is 6.23. The molecule has 0 aromatic heterocycles. The van der Waals surface area contributed by atoms with Gasteiger partial charge in [0.1, 0.15) is 5.82 Å². The molecule has 0 fully saturated rings. The third-order valence-electron chi connectivity index (χ3n) is 2.06. The van der Waals surface area contributed by atoms with Gasteiger partial charge in [-0.1, -0.05) is 0 Å². The summed E-state index contributed by atoms with van der Waals surface area (Å²) in [5.41, 5.74) is 0.573. The van der Waals surface area contributed by atoms with Crippen LogP contribution in [0.5, 0.6) is 0 Å². The third-order valence-corrected chi connectivity index (χ3v) is 3.22. The van der Waals surface area contributed by atoms with E-state index in [1.54, 1.807) is 6.92 Å². The molecule has 1 atom stereocenters. The van der Waals surface area contributed by atoms with Gasteiger partial charge in [0, 0.05) is 17.9 Å². The molecule has 90 valence electrons. The van der Waals surface area contributed by atoms with Crippen LogP contribution in [0.2, 0.25) is 0 Å². The number of rotatable bonds is 5. The molecule has 1 aromatic carbocycles. The Hall–Kier alpha value is -1.54. The Labute approximate surface area is 104 Å². The smallest absolute Gasteiger partial charge is 0.237 e. The molecule has 1 amide bonds. The highest BCUT2D eigenvalue weighted by Gasteiger charge is 2.12. The number of hydrogen-bond donors (Lipinski definition) is 1. The summed E-state index contributed by atoms with van der Waals surface area (Å²) in [6.45, 7) is 1.78. The topological polar surface area (TPSA) is 52.9 Å². The molecule has 0 saturated carbocycles. The standard InChI is InChI=1S/C12H13FN2OS/c1-9(17-8-2-7-14)12(16)15-11-5-3-10(13)4-6-11/h3-6,9H,2,8H2,1H3,(H,15,16). The number of carbonyl (C=O) groups is 1. The van der Waals surface area contributed by atoms with Gasteiger partial charge in [0.25, 0.3) is 0 Å². The van der Waals surface area contributed by atoms with E-state index >= 15 is 0 Å². The van der Waals surface area contributed by atoms with Crippen molar-refractivity contribution in [2.45, 2.75) is 18.6 Å². The van der Waals surface area contributed by atoms with Crippen LogP contribution >= 0.6 is 11.8 Å². The number of thioether (sulfide) groups is 1. The number of carbonyl (C=O) groups excluding carboxylic acids is 1. The van der Waals surface area contributed by atoms with E-state index in [0.717, 1.165) is 0 Å². The summed E-state index contributed by atoms with van der Waals surface area (Å²) in [6.07, 6.45) is 0.429. The lowest BCUT2D eigenvalue weighted by Gasteiger charge is -2.10. The monoisotopic (exact) mass is 252 g/mol. The number of hydrogen-bond acceptors (Lipinski definition) is 3. The minimum atomic E-state index is -0.334. The molecule has 3 nitrogen and oxygen atoms in total. The van der Waals surface area contributed by atoms with Crippen molar-refractivity contribution in [3.05, 3.63) is 30.1 Å². The van der Waals surface area contributed by atoms with E-state index in [-0.39, 0.29) is 17.0 Å². The van der Waals surface area contributed by atoms with Crippen LogP contribution < -0.4 is 5.32 Å². The fourth-order valence-corrected chi connectivity index (χ4v) is 1.91. The fourth-order valence-electron chi connectivity index (χ4n) is 1.13. The summed E-state index contributed by atoms with van der Waals surface area (Å²) >= 11 is 1.42. The van der Waals surface area contributed by atoms with Crippen LogP contribution in [0.4, 0.5) is 10.1 Å². The van der Waals surface area contributed by atoms with Crippen LogP contribution in [0.25, 0.3) is 0 Å². The van der Waals surface area contributed by atoms with Crippen molar-refractivity contribution in [2.75, 3.05) is 11.1 Å². The molecule has 0 bridgehead atoms. The second kappa shape index (κ2) is 6.92. The maximum absolute atomic E-state index is 12.6. The molecule has 1 unspecified atom stereocenters. The zero-order valence-electron chi connectivity index (χ0n) is 9.44. The Morgan fingerprint density at radius 2 is 2.18 bits per heavy atom. The maximum Gasteiger partial charge on any atom is 0.237 e. The molecular weight excluding hydrogens is 239 g/mol. The predicted molar refractivity (Wildman–Crippen MR) is 67.2 cm³/mol. The van der Waals surface area contributed by atoms with Gasteiger partial charge >= 0.3 is 0 Å². The lowest BCUT2D eigenvalue weighted by molar-refractivity contribution is -0.115. The fraction of sp³-hybridized carbons (Fsp3) is 0.333. The molecule has 0 heterocycles. The molecule has 1 rings (SSSR count). The lowest BCUT2D eigenvalue weighted by atomic mass is 10.3. The molecule has 0 spiro atoms. The first-order chi connectivity index (χ1) is 8.13. The van der Waals surface area contributed by atoms with E-state index < -0.39 is 0 Å². The average molecular weight is 252 g/mol. The third kappa shape index (κ3) is 4.87. The molecule has 5 heteroatoms. The molecule has 0 radical (unpaired) electrons. The normalized spacial score (nSPS) is 11.6. The van der Waals surface area contributed by atoms with E-state index in [2.05, 4.69) is 5.32 Å². The number of nitrogens with one attached hydrogen (secondary N) is 1. The van der Waals surface area contributed by atoms with E-state index in [4.69, 9.17) is 5.26 Å². The summed E-state index contributed by atoms with van der Waals surface area (Å²) in [7, 11) is 0. The van der Waals surface area contributed by atoms with Crippen LogP contribution in [0, 0.1) is 17.1 Å². The Morgan fingerprint density at radius 1 is 1.53 bits per heavy atom. The van der Waals surface area contributed by atoms with E-state index in [1.807, 2.05) is 6.07 Å². The highest BCUT2D eigenvalue weighted by Crippen LogP contribution is 2.15. The zero-order chi connectivity index (χ0) is 12.7. The Bertz CT molecular complexity index is 414. The van der Waals surface area contributed by atoms with Crippen molar-refractivity contribution in [3.8, 4) is 6.07 Å². The molecule has 0 aliphatic carbocycles. The largest absolute Gasteiger partial charge is 0.325 e. The van der Waals surface area contributed by atoms with Gasteiger partial charge in [0.05, 0.1) is 11.3 Å². The van der Waals surface area contributed by atoms with Crippen LogP contribution in [0.15, 0.2) is 24.3 Å². The van der Waals surface area contributed by atoms with Gasteiger partial charge in [-0.15, -0.1) is 11.8 Å². The van der Waals surface area contributed by atoms with Crippen molar-refractivity contribution in [3.63, 3.8) is 0 Å². The molecule has 17 heavy (non-hydrogen) atoms. The van der Waals surface area contributed by atoms with Crippen molar-refractivity contribution in [1.29, 1.82) is 5.26 Å². The molecule has 0 aliphatic heterocycles. The van der Waals surface area contributed by atoms with Gasteiger partial charge in [0.2, 0.25) is 5.91 Å². The van der Waals surface area contributed by atoms with Crippen LogP contribution in [0.3, 0.4) is 0 Å². The second-order valence-electron chi connectivity index (χ2n) is 3.42. The molecule has 1 N–H and O–H groups in total. The Balaban J connectivity index is 2.43. The van der Waals surface area contributed by atoms with Gasteiger partial charge in [-0.05, 0) is 31.2 Å². The predicted octanol–water partition coefficient (Wildman–Crippen LogP) is 2.80. The van der Waals surface area contributed by atoms with Crippen molar-refractivity contribution in [1.82, 2.24) is 0 Å². The number of halogens is 1. The van der Waals surface area contributed by atoms with Crippen LogP contribution in [-0.4, -0.2) is 16.9 Å². The number of nitrogens with zero attached hydrogens (tertiary/aromatic N) is 1. The minimum absolute atomic E-state index is 0.139. The SMILES string of the molecule is CC(SCCC#N)C(=O)Nc1ccc(F)cc1. The summed E-state index contributed by atoms with van der Waals surface area (Å²) in [5.74, 6) is 0.160. The first kappa shape index (κ1) is 13.5. The molecular formula is C12H13FN2OS. The number of anilines is 1. The summed E-state index contributed by atoms with van der Waals surface area (Å²) in [4.78, 5) is 11.7. The van der Waals surface area contributed by atoms with E-state index in [9.17, 15) is 9.18 Å². The quantitative estimate of drug-likeness (QED) is 0.820. The molecule has 0 saturated heterocycles. The summed E-state index contributed by atoms with van der Waals surface area (Å²) in [5, 5.41) is 10.8. The van der Waals surface area contributed by atoms with E-state index in [1.165, 1.54) is 36.0 Å².